The lowest BCUT2D eigenvalue weighted by atomic mass is 10.1. The molecule has 3 aromatic heterocycles. The molecule has 0 aliphatic rings. The third kappa shape index (κ3) is 4.25. The predicted octanol–water partition coefficient (Wildman–Crippen LogP) is 4.24. The SMILES string of the molecule is O=C(Cn1nc(C(=O)NCCc2nnc3ccccn23)c2ccccc21)c1ccc(Cl)c(Cl)c1. The number of rotatable bonds is 7. The molecule has 0 aliphatic carbocycles. The maximum Gasteiger partial charge on any atom is 0.272 e. The molecular weight excluding hydrogens is 475 g/mol. The molecule has 0 bridgehead atoms. The molecule has 1 amide bonds. The highest BCUT2D eigenvalue weighted by Gasteiger charge is 2.19. The van der Waals surface area contributed by atoms with E-state index in [2.05, 4.69) is 20.6 Å². The largest absolute Gasteiger partial charge is 0.350 e. The molecule has 5 aromatic rings. The zero-order valence-electron chi connectivity index (χ0n) is 17.8. The van der Waals surface area contributed by atoms with Crippen molar-refractivity contribution in [2.45, 2.75) is 13.0 Å². The summed E-state index contributed by atoms with van der Waals surface area (Å²) in [5.41, 5.74) is 2.11. The molecule has 0 atom stereocenters. The zero-order valence-corrected chi connectivity index (χ0v) is 19.3. The van der Waals surface area contributed by atoms with E-state index < -0.39 is 0 Å². The molecule has 0 radical (unpaired) electrons. The molecule has 170 valence electrons. The maximum absolute atomic E-state index is 13.0. The van der Waals surface area contributed by atoms with Crippen molar-refractivity contribution in [1.82, 2.24) is 29.7 Å². The number of carbonyl (C=O) groups excluding carboxylic acids is 2. The predicted molar refractivity (Wildman–Crippen MR) is 130 cm³/mol. The van der Waals surface area contributed by atoms with Crippen LogP contribution in [0.2, 0.25) is 10.0 Å². The van der Waals surface area contributed by atoms with Gasteiger partial charge in [0.15, 0.2) is 17.1 Å². The molecule has 2 aromatic carbocycles. The van der Waals surface area contributed by atoms with E-state index in [1.807, 2.05) is 53.1 Å². The number of pyridine rings is 1. The molecule has 5 rings (SSSR count). The van der Waals surface area contributed by atoms with Crippen LogP contribution in [-0.2, 0) is 13.0 Å². The van der Waals surface area contributed by atoms with Crippen LogP contribution >= 0.6 is 23.2 Å². The number of ketones is 1. The smallest absolute Gasteiger partial charge is 0.272 e. The Hall–Kier alpha value is -3.75. The molecule has 0 saturated carbocycles. The highest BCUT2D eigenvalue weighted by molar-refractivity contribution is 6.42. The van der Waals surface area contributed by atoms with Crippen molar-refractivity contribution in [3.63, 3.8) is 0 Å². The van der Waals surface area contributed by atoms with Crippen molar-refractivity contribution in [2.75, 3.05) is 6.54 Å². The average Bonchev–Trinajstić information content (AvgIpc) is 3.43. The van der Waals surface area contributed by atoms with E-state index in [4.69, 9.17) is 23.2 Å². The summed E-state index contributed by atoms with van der Waals surface area (Å²) in [5.74, 6) is 0.224. The lowest BCUT2D eigenvalue weighted by Crippen LogP contribution is -2.27. The van der Waals surface area contributed by atoms with E-state index >= 15 is 0 Å². The molecule has 10 heteroatoms. The number of hydrogen-bond acceptors (Lipinski definition) is 5. The van der Waals surface area contributed by atoms with Crippen molar-refractivity contribution in [3.8, 4) is 0 Å². The van der Waals surface area contributed by atoms with Crippen LogP contribution in [0.1, 0.15) is 26.7 Å². The van der Waals surface area contributed by atoms with Gasteiger partial charge in [0.05, 0.1) is 15.6 Å². The lowest BCUT2D eigenvalue weighted by Gasteiger charge is -2.05. The fourth-order valence-corrected chi connectivity index (χ4v) is 4.04. The minimum absolute atomic E-state index is 0.0442. The Kier molecular flexibility index (Phi) is 6.00. The van der Waals surface area contributed by atoms with E-state index in [0.29, 0.717) is 39.5 Å². The van der Waals surface area contributed by atoms with Gasteiger partial charge < -0.3 is 5.32 Å². The van der Waals surface area contributed by atoms with Gasteiger partial charge in [0, 0.05) is 30.1 Å². The third-order valence-electron chi connectivity index (χ3n) is 5.43. The van der Waals surface area contributed by atoms with Gasteiger partial charge in [-0.3, -0.25) is 18.7 Å². The number of hydrogen-bond donors (Lipinski definition) is 1. The van der Waals surface area contributed by atoms with Gasteiger partial charge in [-0.15, -0.1) is 10.2 Å². The number of halogens is 2. The first kappa shape index (κ1) is 22.1. The number of Topliss-reactive ketones (excluding diaryl/α,β-unsaturated/α-hetero) is 1. The molecule has 0 unspecified atom stereocenters. The van der Waals surface area contributed by atoms with Crippen LogP contribution in [0.3, 0.4) is 0 Å². The molecular formula is C24H18Cl2N6O2. The second kappa shape index (κ2) is 9.24. The van der Waals surface area contributed by atoms with Crippen molar-refractivity contribution < 1.29 is 9.59 Å². The third-order valence-corrected chi connectivity index (χ3v) is 6.17. The number of aromatic nitrogens is 5. The lowest BCUT2D eigenvalue weighted by molar-refractivity contribution is 0.0938. The molecule has 3 heterocycles. The van der Waals surface area contributed by atoms with Crippen LogP contribution in [0, 0.1) is 0 Å². The fraction of sp³-hybridized carbons (Fsp3) is 0.125. The van der Waals surface area contributed by atoms with E-state index in [0.717, 1.165) is 11.5 Å². The van der Waals surface area contributed by atoms with Crippen LogP contribution in [0.25, 0.3) is 16.6 Å². The van der Waals surface area contributed by atoms with Gasteiger partial charge in [-0.05, 0) is 36.4 Å². The number of fused-ring (bicyclic) bond motifs is 2. The van der Waals surface area contributed by atoms with Crippen LogP contribution in [0.4, 0.5) is 0 Å². The average molecular weight is 493 g/mol. The summed E-state index contributed by atoms with van der Waals surface area (Å²) in [7, 11) is 0. The standard InChI is InChI=1S/C24H18Cl2N6O2/c25-17-9-8-15(13-18(17)26)20(33)14-32-19-6-2-1-5-16(19)23(30-32)24(34)27-11-10-22-29-28-21-7-3-4-12-31(21)22/h1-9,12-13H,10-11,14H2,(H,27,34). The van der Waals surface area contributed by atoms with Gasteiger partial charge in [-0.1, -0.05) is 47.5 Å². The second-order valence-electron chi connectivity index (χ2n) is 7.63. The Morgan fingerprint density at radius 1 is 0.941 bits per heavy atom. The molecule has 34 heavy (non-hydrogen) atoms. The zero-order chi connectivity index (χ0) is 23.7. The molecule has 0 saturated heterocycles. The Morgan fingerprint density at radius 2 is 1.76 bits per heavy atom. The summed E-state index contributed by atoms with van der Waals surface area (Å²) in [6.07, 6.45) is 2.39. The maximum atomic E-state index is 13.0. The monoisotopic (exact) mass is 492 g/mol. The highest BCUT2D eigenvalue weighted by Crippen LogP contribution is 2.24. The van der Waals surface area contributed by atoms with Crippen LogP contribution in [0.5, 0.6) is 0 Å². The van der Waals surface area contributed by atoms with E-state index in [1.54, 1.807) is 12.1 Å². The summed E-state index contributed by atoms with van der Waals surface area (Å²) in [6, 6.07) is 17.7. The highest BCUT2D eigenvalue weighted by atomic mass is 35.5. The fourth-order valence-electron chi connectivity index (χ4n) is 3.75. The van der Waals surface area contributed by atoms with E-state index in [9.17, 15) is 9.59 Å². The molecule has 8 nitrogen and oxygen atoms in total. The number of nitrogens with one attached hydrogen (secondary N) is 1. The minimum atomic E-state index is -0.328. The van der Waals surface area contributed by atoms with E-state index in [1.165, 1.54) is 10.7 Å². The summed E-state index contributed by atoms with van der Waals surface area (Å²) in [5, 5.41) is 17.0. The Balaban J connectivity index is 1.33. The Bertz CT molecular complexity index is 1540. The quantitative estimate of drug-likeness (QED) is 0.343. The van der Waals surface area contributed by atoms with Gasteiger partial charge in [-0.25, -0.2) is 0 Å². The van der Waals surface area contributed by atoms with Crippen molar-refractivity contribution in [1.29, 1.82) is 0 Å². The van der Waals surface area contributed by atoms with Gasteiger partial charge in [0.25, 0.3) is 5.91 Å². The normalized spacial score (nSPS) is 11.2. The molecule has 0 fully saturated rings. The van der Waals surface area contributed by atoms with Gasteiger partial charge in [0.2, 0.25) is 0 Å². The van der Waals surface area contributed by atoms with Crippen LogP contribution in [-0.4, -0.2) is 42.6 Å². The van der Waals surface area contributed by atoms with Crippen LogP contribution < -0.4 is 5.32 Å². The van der Waals surface area contributed by atoms with Gasteiger partial charge in [-0.2, -0.15) is 5.10 Å². The number of benzene rings is 2. The number of amides is 1. The number of para-hydroxylation sites is 1. The van der Waals surface area contributed by atoms with Crippen molar-refractivity contribution >= 4 is 51.4 Å². The summed E-state index contributed by atoms with van der Waals surface area (Å²) < 4.78 is 3.41. The first-order chi connectivity index (χ1) is 16.5. The summed E-state index contributed by atoms with van der Waals surface area (Å²) in [6.45, 7) is 0.315. The topological polar surface area (TPSA) is 94.2 Å². The second-order valence-corrected chi connectivity index (χ2v) is 8.44. The van der Waals surface area contributed by atoms with E-state index in [-0.39, 0.29) is 23.9 Å². The molecule has 1 N–H and O–H groups in total. The summed E-state index contributed by atoms with van der Waals surface area (Å²) >= 11 is 12.0. The molecule has 0 spiro atoms. The Morgan fingerprint density at radius 3 is 2.62 bits per heavy atom. The van der Waals surface area contributed by atoms with Gasteiger partial charge in [0.1, 0.15) is 12.4 Å². The number of nitrogens with zero attached hydrogens (tertiary/aromatic N) is 5. The molecule has 0 aliphatic heterocycles. The minimum Gasteiger partial charge on any atom is -0.350 e. The first-order valence-electron chi connectivity index (χ1n) is 10.5. The van der Waals surface area contributed by atoms with Gasteiger partial charge >= 0.3 is 0 Å². The van der Waals surface area contributed by atoms with Crippen molar-refractivity contribution in [2.24, 2.45) is 0 Å². The van der Waals surface area contributed by atoms with Crippen molar-refractivity contribution in [3.05, 3.63) is 94.0 Å². The Labute approximate surface area is 204 Å². The number of carbonyl (C=O) groups is 2. The summed E-state index contributed by atoms with van der Waals surface area (Å²) in [4.78, 5) is 25.8. The van der Waals surface area contributed by atoms with Crippen LogP contribution in [0.15, 0.2) is 66.9 Å². The first-order valence-corrected chi connectivity index (χ1v) is 11.3.